The third kappa shape index (κ3) is 6.13. The number of rotatable bonds is 3. The number of nitrogens with one attached hydrogen (secondary N) is 2. The van der Waals surface area contributed by atoms with E-state index in [0.29, 0.717) is 17.8 Å². The van der Waals surface area contributed by atoms with E-state index in [0.717, 1.165) is 5.56 Å². The zero-order valence-electron chi connectivity index (χ0n) is 16.1. The van der Waals surface area contributed by atoms with Crippen LogP contribution in [0.15, 0.2) is 36.4 Å². The van der Waals surface area contributed by atoms with Crippen LogP contribution in [0.2, 0.25) is 0 Å². The molecule has 9 heteroatoms. The highest BCUT2D eigenvalue weighted by atomic mass is 19.4. The molecular formula is C20H20F6N2O. The van der Waals surface area contributed by atoms with E-state index in [1.54, 1.807) is 13.0 Å². The SMILES string of the molecule is Cc1ccc(C(=O)Nc2cc(C(F)(F)F)cc(C(F)(F)F)c2)cc1NC(C)(C)C. The lowest BCUT2D eigenvalue weighted by Crippen LogP contribution is -2.26. The summed E-state index contributed by atoms with van der Waals surface area (Å²) in [5.74, 6) is -0.825. The van der Waals surface area contributed by atoms with Gasteiger partial charge in [-0.1, -0.05) is 6.07 Å². The van der Waals surface area contributed by atoms with Crippen molar-refractivity contribution in [2.75, 3.05) is 10.6 Å². The zero-order chi connectivity index (χ0) is 22.2. The van der Waals surface area contributed by atoms with Crippen LogP contribution in [0.3, 0.4) is 0 Å². The molecule has 0 aliphatic rings. The number of anilines is 2. The maximum Gasteiger partial charge on any atom is 0.416 e. The average Bonchev–Trinajstić information content (AvgIpc) is 2.53. The normalized spacial score (nSPS) is 12.6. The van der Waals surface area contributed by atoms with Gasteiger partial charge in [-0.05, 0) is 63.6 Å². The molecule has 29 heavy (non-hydrogen) atoms. The largest absolute Gasteiger partial charge is 0.416 e. The van der Waals surface area contributed by atoms with Crippen LogP contribution >= 0.6 is 0 Å². The van der Waals surface area contributed by atoms with Crippen LogP contribution in [0, 0.1) is 6.92 Å². The highest BCUT2D eigenvalue weighted by Gasteiger charge is 2.37. The van der Waals surface area contributed by atoms with E-state index >= 15 is 0 Å². The predicted molar refractivity (Wildman–Crippen MR) is 99.0 cm³/mol. The molecule has 0 aromatic heterocycles. The molecule has 2 aromatic carbocycles. The fourth-order valence-electron chi connectivity index (χ4n) is 2.53. The molecule has 0 saturated carbocycles. The summed E-state index contributed by atoms with van der Waals surface area (Å²) >= 11 is 0. The maximum absolute atomic E-state index is 13.0. The van der Waals surface area contributed by atoms with Crippen molar-refractivity contribution in [3.8, 4) is 0 Å². The van der Waals surface area contributed by atoms with Crippen LogP contribution in [0.1, 0.15) is 47.8 Å². The van der Waals surface area contributed by atoms with Gasteiger partial charge >= 0.3 is 12.4 Å². The number of alkyl halides is 6. The van der Waals surface area contributed by atoms with E-state index in [-0.39, 0.29) is 17.2 Å². The first-order valence-electron chi connectivity index (χ1n) is 8.56. The van der Waals surface area contributed by atoms with Crippen LogP contribution in [-0.4, -0.2) is 11.4 Å². The number of hydrogen-bond donors (Lipinski definition) is 2. The molecule has 0 aliphatic heterocycles. The number of carbonyl (C=O) groups is 1. The minimum Gasteiger partial charge on any atom is -0.380 e. The molecule has 158 valence electrons. The van der Waals surface area contributed by atoms with Gasteiger partial charge in [-0.3, -0.25) is 4.79 Å². The van der Waals surface area contributed by atoms with Gasteiger partial charge in [0.1, 0.15) is 0 Å². The summed E-state index contributed by atoms with van der Waals surface area (Å²) in [5.41, 5.74) is -2.36. The first-order valence-corrected chi connectivity index (χ1v) is 8.56. The van der Waals surface area contributed by atoms with Crippen molar-refractivity contribution in [1.82, 2.24) is 0 Å². The number of amides is 1. The number of aryl methyl sites for hydroxylation is 1. The first kappa shape index (κ1) is 22.6. The van der Waals surface area contributed by atoms with Crippen molar-refractivity contribution in [3.63, 3.8) is 0 Å². The first-order chi connectivity index (χ1) is 13.1. The van der Waals surface area contributed by atoms with Crippen molar-refractivity contribution < 1.29 is 31.1 Å². The van der Waals surface area contributed by atoms with Crippen molar-refractivity contribution >= 4 is 17.3 Å². The third-order valence-electron chi connectivity index (χ3n) is 3.85. The summed E-state index contributed by atoms with van der Waals surface area (Å²) in [6.07, 6.45) is -9.98. The van der Waals surface area contributed by atoms with Crippen LogP contribution in [0.5, 0.6) is 0 Å². The Balaban J connectivity index is 2.39. The molecule has 2 aromatic rings. The van der Waals surface area contributed by atoms with Gasteiger partial charge in [-0.25, -0.2) is 0 Å². The minimum atomic E-state index is -4.99. The van der Waals surface area contributed by atoms with Gasteiger partial charge in [0.05, 0.1) is 11.1 Å². The van der Waals surface area contributed by atoms with Crippen molar-refractivity contribution in [3.05, 3.63) is 58.7 Å². The summed E-state index contributed by atoms with van der Waals surface area (Å²) in [6.45, 7) is 7.51. The third-order valence-corrected chi connectivity index (χ3v) is 3.85. The summed E-state index contributed by atoms with van der Waals surface area (Å²) < 4.78 is 77.8. The molecule has 1 amide bonds. The van der Waals surface area contributed by atoms with E-state index in [1.807, 2.05) is 20.8 Å². The van der Waals surface area contributed by atoms with Crippen molar-refractivity contribution in [1.29, 1.82) is 0 Å². The number of hydrogen-bond acceptors (Lipinski definition) is 2. The lowest BCUT2D eigenvalue weighted by molar-refractivity contribution is -0.143. The molecule has 3 nitrogen and oxygen atoms in total. The number of halogens is 6. The highest BCUT2D eigenvalue weighted by molar-refractivity contribution is 6.05. The fraction of sp³-hybridized carbons (Fsp3) is 0.350. The van der Waals surface area contributed by atoms with E-state index in [4.69, 9.17) is 0 Å². The summed E-state index contributed by atoms with van der Waals surface area (Å²) in [5, 5.41) is 5.32. The number of carbonyl (C=O) groups excluding carboxylic acids is 1. The molecule has 0 radical (unpaired) electrons. The predicted octanol–water partition coefficient (Wildman–Crippen LogP) is 6.50. The lowest BCUT2D eigenvalue weighted by atomic mass is 10.0. The Bertz CT molecular complexity index is 878. The molecule has 0 bridgehead atoms. The van der Waals surface area contributed by atoms with Gasteiger partial charge in [-0.2, -0.15) is 26.3 Å². The smallest absolute Gasteiger partial charge is 0.380 e. The van der Waals surface area contributed by atoms with Crippen LogP contribution in [0.4, 0.5) is 37.7 Å². The zero-order valence-corrected chi connectivity index (χ0v) is 16.1. The Morgan fingerprint density at radius 2 is 1.34 bits per heavy atom. The topological polar surface area (TPSA) is 41.1 Å². The van der Waals surface area contributed by atoms with Gasteiger partial charge in [0, 0.05) is 22.5 Å². The Hall–Kier alpha value is -2.71. The van der Waals surface area contributed by atoms with Gasteiger partial charge in [0.25, 0.3) is 5.91 Å². The minimum absolute atomic E-state index is 0.00683. The molecule has 0 saturated heterocycles. The van der Waals surface area contributed by atoms with E-state index in [1.165, 1.54) is 12.1 Å². The fourth-order valence-corrected chi connectivity index (χ4v) is 2.53. The van der Waals surface area contributed by atoms with E-state index in [9.17, 15) is 31.1 Å². The monoisotopic (exact) mass is 418 g/mol. The van der Waals surface area contributed by atoms with Gasteiger partial charge in [0.2, 0.25) is 0 Å². The standard InChI is InChI=1S/C20H20F6N2O/c1-11-5-6-12(7-16(11)28-18(2,3)4)17(29)27-15-9-13(19(21,22)23)8-14(10-15)20(24,25)26/h5-10,28H,1-4H3,(H,27,29). The molecule has 0 aliphatic carbocycles. The number of benzene rings is 2. The van der Waals surface area contributed by atoms with E-state index in [2.05, 4.69) is 10.6 Å². The Kier molecular flexibility index (Phi) is 5.92. The summed E-state index contributed by atoms with van der Waals surface area (Å²) in [4.78, 5) is 12.5. The van der Waals surface area contributed by atoms with Gasteiger partial charge in [0.15, 0.2) is 0 Å². The molecule has 0 unspecified atom stereocenters. The summed E-state index contributed by atoms with van der Waals surface area (Å²) in [6, 6.07) is 5.51. The van der Waals surface area contributed by atoms with Crippen molar-refractivity contribution in [2.45, 2.75) is 45.6 Å². The lowest BCUT2D eigenvalue weighted by Gasteiger charge is -2.24. The second-order valence-electron chi connectivity index (χ2n) is 7.65. The quantitative estimate of drug-likeness (QED) is 0.559. The molecular weight excluding hydrogens is 398 g/mol. The Morgan fingerprint density at radius 1 is 0.828 bits per heavy atom. The molecule has 2 rings (SSSR count). The van der Waals surface area contributed by atoms with E-state index < -0.39 is 35.1 Å². The summed E-state index contributed by atoms with van der Waals surface area (Å²) in [7, 11) is 0. The molecule has 0 fully saturated rings. The second-order valence-corrected chi connectivity index (χ2v) is 7.65. The highest BCUT2D eigenvalue weighted by Crippen LogP contribution is 2.37. The van der Waals surface area contributed by atoms with Crippen LogP contribution < -0.4 is 10.6 Å². The van der Waals surface area contributed by atoms with Gasteiger partial charge < -0.3 is 10.6 Å². The van der Waals surface area contributed by atoms with Crippen LogP contribution in [-0.2, 0) is 12.4 Å². The second kappa shape index (κ2) is 7.61. The molecule has 2 N–H and O–H groups in total. The van der Waals surface area contributed by atoms with Crippen LogP contribution in [0.25, 0.3) is 0 Å². The molecule has 0 heterocycles. The molecule has 0 atom stereocenters. The Morgan fingerprint density at radius 3 is 1.79 bits per heavy atom. The average molecular weight is 418 g/mol. The van der Waals surface area contributed by atoms with Crippen molar-refractivity contribution in [2.24, 2.45) is 0 Å². The Labute approximate surface area is 164 Å². The molecule has 0 spiro atoms. The van der Waals surface area contributed by atoms with Gasteiger partial charge in [-0.15, -0.1) is 0 Å². The maximum atomic E-state index is 13.0.